The van der Waals surface area contributed by atoms with Crippen molar-refractivity contribution in [3.63, 3.8) is 0 Å². The van der Waals surface area contributed by atoms with Gasteiger partial charge in [-0.25, -0.2) is 9.18 Å². The standard InChI is InChI=1S/C28H24FN5O4/c29-17-12-16-14-34(28(37)32-8-4-1-5-9-32)11-10-33-15-20(19(13-17)25(16)33)22-23(27(36)30-26(22)35)24-18-6-2-3-7-21(18)38-31-24/h2-3,6-7,12-13,15H,1,4-5,8-11,14H2,(H,30,35,36). The number of fused-ring (bicyclic) bond motifs is 1. The second-order valence-corrected chi connectivity index (χ2v) is 10.0. The molecule has 0 aliphatic carbocycles. The van der Waals surface area contributed by atoms with Gasteiger partial charge in [0.25, 0.3) is 11.8 Å². The van der Waals surface area contributed by atoms with E-state index >= 15 is 4.39 Å². The third kappa shape index (κ3) is 3.43. The highest BCUT2D eigenvalue weighted by Crippen LogP contribution is 2.39. The van der Waals surface area contributed by atoms with E-state index in [4.69, 9.17) is 4.52 Å². The third-order valence-corrected chi connectivity index (χ3v) is 7.70. The number of amides is 4. The van der Waals surface area contributed by atoms with Crippen LogP contribution < -0.4 is 5.32 Å². The molecule has 0 saturated carbocycles. The number of urea groups is 1. The second-order valence-electron chi connectivity index (χ2n) is 10.0. The average molecular weight is 514 g/mol. The van der Waals surface area contributed by atoms with Gasteiger partial charge in [0.15, 0.2) is 5.58 Å². The number of carbonyl (C=O) groups is 3. The predicted octanol–water partition coefficient (Wildman–Crippen LogP) is 3.91. The molecule has 2 aromatic carbocycles. The Kier molecular flexibility index (Phi) is 5.10. The van der Waals surface area contributed by atoms with E-state index in [1.165, 1.54) is 12.1 Å². The molecule has 0 spiro atoms. The van der Waals surface area contributed by atoms with Crippen molar-refractivity contribution in [2.45, 2.75) is 32.4 Å². The molecule has 0 radical (unpaired) electrons. The van der Waals surface area contributed by atoms with Crippen LogP contribution in [0.15, 0.2) is 47.1 Å². The number of aromatic nitrogens is 2. The van der Waals surface area contributed by atoms with Crippen molar-refractivity contribution < 1.29 is 23.3 Å². The number of halogens is 1. The van der Waals surface area contributed by atoms with Gasteiger partial charge in [-0.2, -0.15) is 0 Å². The minimum Gasteiger partial charge on any atom is -0.356 e. The summed E-state index contributed by atoms with van der Waals surface area (Å²) in [5.41, 5.74) is 2.85. The molecule has 10 heteroatoms. The number of hydrogen-bond acceptors (Lipinski definition) is 5. The van der Waals surface area contributed by atoms with Crippen LogP contribution in [0.4, 0.5) is 9.18 Å². The fraction of sp³-hybridized carbons (Fsp3) is 0.286. The maximum Gasteiger partial charge on any atom is 0.320 e. The molecule has 4 amide bonds. The Morgan fingerprint density at radius 2 is 1.71 bits per heavy atom. The number of piperidine rings is 1. The first-order valence-corrected chi connectivity index (χ1v) is 12.8. The van der Waals surface area contributed by atoms with E-state index in [1.807, 2.05) is 9.47 Å². The molecule has 0 bridgehead atoms. The number of hydrogen-bond donors (Lipinski definition) is 1. The van der Waals surface area contributed by atoms with Crippen molar-refractivity contribution in [1.29, 1.82) is 0 Å². The van der Waals surface area contributed by atoms with Crippen molar-refractivity contribution in [2.24, 2.45) is 0 Å². The Hall–Kier alpha value is -4.47. The molecule has 9 nitrogen and oxygen atoms in total. The molecular weight excluding hydrogens is 489 g/mol. The zero-order valence-electron chi connectivity index (χ0n) is 20.5. The van der Waals surface area contributed by atoms with Crippen LogP contribution in [0.25, 0.3) is 33.0 Å². The number of rotatable bonds is 2. The van der Waals surface area contributed by atoms with Gasteiger partial charge in [-0.15, -0.1) is 0 Å². The van der Waals surface area contributed by atoms with E-state index in [-0.39, 0.29) is 29.4 Å². The summed E-state index contributed by atoms with van der Waals surface area (Å²) in [7, 11) is 0. The monoisotopic (exact) mass is 513 g/mol. The van der Waals surface area contributed by atoms with Gasteiger partial charge in [-0.3, -0.25) is 14.9 Å². The Labute approximate surface area is 216 Å². The topological polar surface area (TPSA) is 101 Å². The van der Waals surface area contributed by atoms with Crippen LogP contribution in [0.1, 0.15) is 36.1 Å². The fourth-order valence-electron chi connectivity index (χ4n) is 5.95. The molecule has 3 aliphatic heterocycles. The van der Waals surface area contributed by atoms with Crippen LogP contribution in [0, 0.1) is 5.82 Å². The van der Waals surface area contributed by atoms with Crippen LogP contribution in [0.2, 0.25) is 0 Å². The highest BCUT2D eigenvalue weighted by molar-refractivity contribution is 6.50. The van der Waals surface area contributed by atoms with Gasteiger partial charge in [-0.05, 0) is 49.1 Å². The largest absolute Gasteiger partial charge is 0.356 e. The number of nitrogens with one attached hydrogen (secondary N) is 1. The molecular formula is C28H24FN5O4. The molecule has 4 aromatic rings. The summed E-state index contributed by atoms with van der Waals surface area (Å²) in [6.45, 7) is 2.65. The summed E-state index contributed by atoms with van der Waals surface area (Å²) in [5, 5.41) is 7.60. The van der Waals surface area contributed by atoms with Gasteiger partial charge in [0.2, 0.25) is 0 Å². The highest BCUT2D eigenvalue weighted by Gasteiger charge is 2.37. The van der Waals surface area contributed by atoms with E-state index < -0.39 is 17.6 Å². The Bertz CT molecular complexity index is 1690. The zero-order chi connectivity index (χ0) is 26.0. The summed E-state index contributed by atoms with van der Waals surface area (Å²) < 4.78 is 22.4. The van der Waals surface area contributed by atoms with E-state index in [0.29, 0.717) is 40.6 Å². The van der Waals surface area contributed by atoms with Crippen molar-refractivity contribution in [3.05, 3.63) is 65.2 Å². The van der Waals surface area contributed by atoms with E-state index in [9.17, 15) is 14.4 Å². The van der Waals surface area contributed by atoms with Gasteiger partial charge >= 0.3 is 6.03 Å². The third-order valence-electron chi connectivity index (χ3n) is 7.70. The molecule has 0 unspecified atom stereocenters. The molecule has 1 saturated heterocycles. The minimum absolute atomic E-state index is 0.0308. The van der Waals surface area contributed by atoms with E-state index in [1.54, 1.807) is 35.4 Å². The summed E-state index contributed by atoms with van der Waals surface area (Å²) in [6, 6.07) is 9.90. The molecule has 0 atom stereocenters. The van der Waals surface area contributed by atoms with Crippen LogP contribution >= 0.6 is 0 Å². The normalized spacial score (nSPS) is 18.0. The first kappa shape index (κ1) is 22.7. The number of carbonyl (C=O) groups excluding carboxylic acids is 3. The van der Waals surface area contributed by atoms with Crippen LogP contribution in [-0.2, 0) is 22.7 Å². The van der Waals surface area contributed by atoms with Crippen LogP contribution in [0.5, 0.6) is 0 Å². The lowest BCUT2D eigenvalue weighted by atomic mass is 9.96. The molecule has 1 N–H and O–H groups in total. The lowest BCUT2D eigenvalue weighted by molar-refractivity contribution is -0.122. The number of nitrogens with zero attached hydrogens (tertiary/aromatic N) is 4. The van der Waals surface area contributed by atoms with Gasteiger partial charge in [0, 0.05) is 55.3 Å². The zero-order valence-corrected chi connectivity index (χ0v) is 20.5. The maximum absolute atomic E-state index is 15.0. The summed E-state index contributed by atoms with van der Waals surface area (Å²) in [6.07, 6.45) is 4.89. The maximum atomic E-state index is 15.0. The van der Waals surface area contributed by atoms with Gasteiger partial charge in [0.1, 0.15) is 11.5 Å². The van der Waals surface area contributed by atoms with Gasteiger partial charge in [0.05, 0.1) is 16.7 Å². The second kappa shape index (κ2) is 8.54. The average Bonchev–Trinajstić information content (AvgIpc) is 3.54. The summed E-state index contributed by atoms with van der Waals surface area (Å²) in [5.74, 6) is -1.62. The van der Waals surface area contributed by atoms with Gasteiger partial charge in [-0.1, -0.05) is 17.3 Å². The minimum atomic E-state index is -0.577. The van der Waals surface area contributed by atoms with E-state index in [2.05, 4.69) is 10.5 Å². The van der Waals surface area contributed by atoms with Crippen molar-refractivity contribution in [1.82, 2.24) is 24.8 Å². The molecule has 192 valence electrons. The van der Waals surface area contributed by atoms with Crippen molar-refractivity contribution >= 4 is 50.9 Å². The van der Waals surface area contributed by atoms with Crippen molar-refractivity contribution in [2.75, 3.05) is 19.6 Å². The summed E-state index contributed by atoms with van der Waals surface area (Å²) in [4.78, 5) is 43.0. The van der Waals surface area contributed by atoms with Gasteiger partial charge < -0.3 is 18.9 Å². The Balaban J connectivity index is 1.37. The molecule has 5 heterocycles. The molecule has 7 rings (SSSR count). The highest BCUT2D eigenvalue weighted by atomic mass is 19.1. The lowest BCUT2D eigenvalue weighted by Crippen LogP contribution is -2.45. The smallest absolute Gasteiger partial charge is 0.320 e. The van der Waals surface area contributed by atoms with Crippen LogP contribution in [-0.4, -0.2) is 57.0 Å². The lowest BCUT2D eigenvalue weighted by Gasteiger charge is -2.32. The van der Waals surface area contributed by atoms with E-state index in [0.717, 1.165) is 37.9 Å². The SMILES string of the molecule is O=C1NC(=O)C(c2cn3c4c(cc(F)cc24)CN(C(=O)N2CCCCC2)CC3)=C1c1noc2ccccc12. The first-order valence-electron chi connectivity index (χ1n) is 12.8. The molecule has 2 aromatic heterocycles. The predicted molar refractivity (Wildman–Crippen MR) is 137 cm³/mol. The quantitative estimate of drug-likeness (QED) is 0.410. The molecule has 3 aliphatic rings. The van der Waals surface area contributed by atoms with Crippen LogP contribution in [0.3, 0.4) is 0 Å². The first-order chi connectivity index (χ1) is 18.5. The Morgan fingerprint density at radius 3 is 2.55 bits per heavy atom. The summed E-state index contributed by atoms with van der Waals surface area (Å²) >= 11 is 0. The number of benzene rings is 2. The van der Waals surface area contributed by atoms with Crippen molar-refractivity contribution in [3.8, 4) is 0 Å². The number of para-hydroxylation sites is 1. The fourth-order valence-corrected chi connectivity index (χ4v) is 5.95. The number of likely N-dealkylation sites (tertiary alicyclic amines) is 1. The molecule has 1 fully saturated rings. The Morgan fingerprint density at radius 1 is 0.921 bits per heavy atom. The number of imide groups is 1. The molecule has 38 heavy (non-hydrogen) atoms.